The quantitative estimate of drug-likeness (QED) is 0.221. The molecule has 0 atom stereocenters. The summed E-state index contributed by atoms with van der Waals surface area (Å²) in [6.45, 7) is 7.37. The minimum absolute atomic E-state index is 0.0473. The molecule has 38 heavy (non-hydrogen) atoms. The first kappa shape index (κ1) is 31.4. The summed E-state index contributed by atoms with van der Waals surface area (Å²) in [4.78, 5) is 36.5. The van der Waals surface area contributed by atoms with Gasteiger partial charge < -0.3 is 29.4 Å². The number of aromatic hydroxyl groups is 1. The van der Waals surface area contributed by atoms with Gasteiger partial charge in [0.1, 0.15) is 29.3 Å². The summed E-state index contributed by atoms with van der Waals surface area (Å²) in [5.41, 5.74) is -0.568. The number of unbranched alkanes of at least 4 members (excludes halogenated alkanes) is 2. The second-order valence-corrected chi connectivity index (χ2v) is 10.4. The van der Waals surface area contributed by atoms with Gasteiger partial charge in [-0.25, -0.2) is 9.59 Å². The predicted molar refractivity (Wildman–Crippen MR) is 142 cm³/mol. The molecule has 0 saturated heterocycles. The third kappa shape index (κ3) is 13.1. The van der Waals surface area contributed by atoms with E-state index in [1.807, 2.05) is 20.8 Å². The molecule has 0 heterocycles. The van der Waals surface area contributed by atoms with Crippen LogP contribution >= 0.6 is 0 Å². The number of esters is 1. The smallest absolute Gasteiger partial charge is 0.332 e. The lowest BCUT2D eigenvalue weighted by atomic mass is 9.96. The van der Waals surface area contributed by atoms with E-state index in [0.29, 0.717) is 32.8 Å². The molecule has 10 heteroatoms. The van der Waals surface area contributed by atoms with Crippen molar-refractivity contribution in [2.45, 2.75) is 90.2 Å². The summed E-state index contributed by atoms with van der Waals surface area (Å²) in [5.74, 6) is -1.09. The van der Waals surface area contributed by atoms with Crippen molar-refractivity contribution >= 4 is 17.9 Å². The van der Waals surface area contributed by atoms with Crippen LogP contribution < -0.4 is 15.4 Å². The van der Waals surface area contributed by atoms with Gasteiger partial charge in [-0.15, -0.1) is 0 Å². The molecule has 0 spiro atoms. The Morgan fingerprint density at radius 2 is 1.55 bits per heavy atom. The second kappa shape index (κ2) is 16.9. The first-order valence-corrected chi connectivity index (χ1v) is 13.6. The van der Waals surface area contributed by atoms with Crippen molar-refractivity contribution in [1.29, 1.82) is 0 Å². The highest BCUT2D eigenvalue weighted by molar-refractivity contribution is 6.07. The van der Waals surface area contributed by atoms with Crippen LogP contribution in [0.2, 0.25) is 0 Å². The monoisotopic (exact) mass is 536 g/mol. The van der Waals surface area contributed by atoms with Crippen molar-refractivity contribution < 1.29 is 38.4 Å². The molecule has 2 rings (SSSR count). The molecular formula is C28H44N2O8. The first-order valence-electron chi connectivity index (χ1n) is 13.6. The summed E-state index contributed by atoms with van der Waals surface area (Å²) in [5, 5.41) is 15.3. The number of phenols is 1. The molecule has 0 radical (unpaired) electrons. The van der Waals surface area contributed by atoms with Gasteiger partial charge >= 0.3 is 12.0 Å². The zero-order valence-corrected chi connectivity index (χ0v) is 23.0. The highest BCUT2D eigenvalue weighted by Crippen LogP contribution is 2.27. The lowest BCUT2D eigenvalue weighted by Crippen LogP contribution is -2.45. The third-order valence-corrected chi connectivity index (χ3v) is 5.81. The van der Waals surface area contributed by atoms with E-state index in [2.05, 4.69) is 10.6 Å². The molecule has 0 aliphatic heterocycles. The number of carbonyl (C=O) groups excluding carboxylic acids is 3. The van der Waals surface area contributed by atoms with Crippen LogP contribution in [-0.2, 0) is 19.0 Å². The molecule has 3 N–H and O–H groups in total. The molecular weight excluding hydrogens is 492 g/mol. The topological polar surface area (TPSA) is 132 Å². The Morgan fingerprint density at radius 3 is 2.21 bits per heavy atom. The normalized spacial score (nSPS) is 14.1. The number of urea groups is 1. The van der Waals surface area contributed by atoms with Crippen LogP contribution in [0.1, 0.15) is 88.9 Å². The fourth-order valence-corrected chi connectivity index (χ4v) is 4.03. The van der Waals surface area contributed by atoms with E-state index in [1.165, 1.54) is 6.07 Å². The molecule has 10 nitrogen and oxygen atoms in total. The molecule has 214 valence electrons. The fourth-order valence-electron chi connectivity index (χ4n) is 4.03. The fraction of sp³-hybridized carbons (Fsp3) is 0.679. The molecule has 1 aliphatic rings. The van der Waals surface area contributed by atoms with Gasteiger partial charge in [0.25, 0.3) is 5.91 Å². The Bertz CT molecular complexity index is 878. The first-order chi connectivity index (χ1) is 18.2. The van der Waals surface area contributed by atoms with Crippen molar-refractivity contribution in [2.75, 3.05) is 33.0 Å². The molecule has 0 bridgehead atoms. The molecule has 1 saturated carbocycles. The van der Waals surface area contributed by atoms with Crippen molar-refractivity contribution in [2.24, 2.45) is 0 Å². The van der Waals surface area contributed by atoms with Gasteiger partial charge in [-0.05, 0) is 71.4 Å². The number of rotatable bonds is 15. The Kier molecular flexibility index (Phi) is 13.9. The highest BCUT2D eigenvalue weighted by atomic mass is 16.6. The van der Waals surface area contributed by atoms with Crippen molar-refractivity contribution in [3.8, 4) is 11.5 Å². The number of carbonyl (C=O) groups is 3. The van der Waals surface area contributed by atoms with Crippen LogP contribution in [0.4, 0.5) is 4.79 Å². The maximum atomic E-state index is 12.7. The van der Waals surface area contributed by atoms with E-state index in [9.17, 15) is 19.5 Å². The second-order valence-electron chi connectivity index (χ2n) is 10.4. The van der Waals surface area contributed by atoms with Crippen LogP contribution in [-0.4, -0.2) is 67.7 Å². The predicted octanol–water partition coefficient (Wildman–Crippen LogP) is 4.48. The van der Waals surface area contributed by atoms with Crippen LogP contribution in [0, 0.1) is 0 Å². The summed E-state index contributed by atoms with van der Waals surface area (Å²) in [6, 6.07) is 4.06. The number of phenolic OH excluding ortho intramolecular Hbond substituents is 1. The van der Waals surface area contributed by atoms with Gasteiger partial charge in [0, 0.05) is 25.9 Å². The molecule has 1 aliphatic carbocycles. The number of benzene rings is 1. The Labute approximate surface area is 225 Å². The lowest BCUT2D eigenvalue weighted by Gasteiger charge is -2.22. The van der Waals surface area contributed by atoms with Crippen LogP contribution in [0.15, 0.2) is 18.2 Å². The number of hydrogen-bond donors (Lipinski definition) is 3. The molecule has 3 amide bonds. The van der Waals surface area contributed by atoms with Crippen molar-refractivity contribution in [1.82, 2.24) is 10.6 Å². The van der Waals surface area contributed by atoms with E-state index in [1.54, 1.807) is 12.1 Å². The largest absolute Gasteiger partial charge is 0.507 e. The Hall–Kier alpha value is -2.85. The van der Waals surface area contributed by atoms with E-state index in [0.717, 1.165) is 51.4 Å². The summed E-state index contributed by atoms with van der Waals surface area (Å²) in [7, 11) is 0. The zero-order valence-electron chi connectivity index (χ0n) is 23.0. The number of ether oxygens (including phenoxy) is 4. The average molecular weight is 537 g/mol. The molecule has 0 aromatic heterocycles. The minimum atomic E-state index is -0.704. The van der Waals surface area contributed by atoms with Gasteiger partial charge in [0.2, 0.25) is 0 Å². The van der Waals surface area contributed by atoms with E-state index in [-0.39, 0.29) is 35.7 Å². The maximum Gasteiger partial charge on any atom is 0.332 e. The Balaban J connectivity index is 1.57. The molecule has 1 aromatic rings. The van der Waals surface area contributed by atoms with Crippen LogP contribution in [0.3, 0.4) is 0 Å². The van der Waals surface area contributed by atoms with E-state index >= 15 is 0 Å². The van der Waals surface area contributed by atoms with Crippen LogP contribution in [0.25, 0.3) is 0 Å². The van der Waals surface area contributed by atoms with Crippen molar-refractivity contribution in [3.63, 3.8) is 0 Å². The number of hydrogen-bond acceptors (Lipinski definition) is 8. The highest BCUT2D eigenvalue weighted by Gasteiger charge is 2.22. The number of nitrogens with one attached hydrogen (secondary N) is 2. The molecule has 1 aromatic carbocycles. The van der Waals surface area contributed by atoms with E-state index < -0.39 is 17.5 Å². The standard InChI is InChI=1S/C28H44N2O8/c1-28(2,3)38-24(32)20-36-18-8-7-16-35-17-9-10-19-37-23-15-11-14-22(31)25(23)26(33)30-27(34)29-21-12-5-4-6-13-21/h11,14-15,21,31H,4-10,12-13,16-20H2,1-3H3,(H2,29,30,33,34). The zero-order chi connectivity index (χ0) is 27.8. The van der Waals surface area contributed by atoms with Gasteiger partial charge in [-0.2, -0.15) is 0 Å². The molecule has 0 unspecified atom stereocenters. The van der Waals surface area contributed by atoms with Gasteiger partial charge in [-0.3, -0.25) is 10.1 Å². The minimum Gasteiger partial charge on any atom is -0.507 e. The van der Waals surface area contributed by atoms with Crippen molar-refractivity contribution in [3.05, 3.63) is 23.8 Å². The lowest BCUT2D eigenvalue weighted by molar-refractivity contribution is -0.160. The van der Waals surface area contributed by atoms with Gasteiger partial charge in [-0.1, -0.05) is 25.3 Å². The number of imide groups is 1. The SMILES string of the molecule is CC(C)(C)OC(=O)COCCCCOCCCCOc1cccc(O)c1C(=O)NC(=O)NC1CCCCC1. The average Bonchev–Trinajstić information content (AvgIpc) is 2.84. The van der Waals surface area contributed by atoms with Crippen LogP contribution in [0.5, 0.6) is 11.5 Å². The number of amides is 3. The Morgan fingerprint density at radius 1 is 0.921 bits per heavy atom. The summed E-state index contributed by atoms with van der Waals surface area (Å²) >= 11 is 0. The summed E-state index contributed by atoms with van der Waals surface area (Å²) < 4.78 is 21.8. The molecule has 1 fully saturated rings. The maximum absolute atomic E-state index is 12.7. The third-order valence-electron chi connectivity index (χ3n) is 5.81. The van der Waals surface area contributed by atoms with E-state index in [4.69, 9.17) is 18.9 Å². The summed E-state index contributed by atoms with van der Waals surface area (Å²) in [6.07, 6.45) is 8.16. The van der Waals surface area contributed by atoms with Gasteiger partial charge in [0.05, 0.1) is 6.61 Å². The van der Waals surface area contributed by atoms with Gasteiger partial charge in [0.15, 0.2) is 0 Å².